The lowest BCUT2D eigenvalue weighted by atomic mass is 10.0. The number of nitrogens with one attached hydrogen (secondary N) is 1. The Morgan fingerprint density at radius 1 is 1.00 bits per heavy atom. The molecule has 0 aliphatic carbocycles. The summed E-state index contributed by atoms with van der Waals surface area (Å²) in [6.07, 6.45) is 0.825. The number of hydrogen-bond acceptors (Lipinski definition) is 2. The molecule has 0 unspecified atom stereocenters. The van der Waals surface area contributed by atoms with Gasteiger partial charge < -0.3 is 10.1 Å². The Hall–Kier alpha value is -2.81. The van der Waals surface area contributed by atoms with E-state index in [2.05, 4.69) is 12.2 Å². The SMILES string of the molecule is CC[C@H](NC(=O)c1cc2ccccc2cc1OC)c1ccccc1. The molecule has 122 valence electrons. The third-order valence-electron chi connectivity index (χ3n) is 4.23. The van der Waals surface area contributed by atoms with Crippen LogP contribution in [-0.4, -0.2) is 13.0 Å². The first-order chi connectivity index (χ1) is 11.7. The number of ether oxygens (including phenoxy) is 1. The van der Waals surface area contributed by atoms with E-state index in [1.807, 2.05) is 66.7 Å². The van der Waals surface area contributed by atoms with Gasteiger partial charge in [0.15, 0.2) is 0 Å². The second-order valence-electron chi connectivity index (χ2n) is 5.74. The highest BCUT2D eigenvalue weighted by Crippen LogP contribution is 2.27. The van der Waals surface area contributed by atoms with Crippen LogP contribution in [0.3, 0.4) is 0 Å². The van der Waals surface area contributed by atoms with E-state index in [-0.39, 0.29) is 11.9 Å². The predicted molar refractivity (Wildman–Crippen MR) is 97.4 cm³/mol. The molecule has 0 spiro atoms. The summed E-state index contributed by atoms with van der Waals surface area (Å²) in [5.41, 5.74) is 1.67. The summed E-state index contributed by atoms with van der Waals surface area (Å²) in [7, 11) is 1.59. The fourth-order valence-electron chi connectivity index (χ4n) is 2.91. The standard InChI is InChI=1S/C21H21NO2/c1-3-19(15-9-5-4-6-10-15)22-21(23)18-13-16-11-7-8-12-17(16)14-20(18)24-2/h4-14,19H,3H2,1-2H3,(H,22,23)/t19-/m0/s1. The lowest BCUT2D eigenvalue weighted by molar-refractivity contribution is 0.0932. The Balaban J connectivity index is 1.92. The molecule has 3 aromatic carbocycles. The Morgan fingerprint density at radius 2 is 1.62 bits per heavy atom. The van der Waals surface area contributed by atoms with Gasteiger partial charge in [0, 0.05) is 0 Å². The number of amides is 1. The van der Waals surface area contributed by atoms with Gasteiger partial charge in [-0.2, -0.15) is 0 Å². The molecule has 3 heteroatoms. The number of carbonyl (C=O) groups is 1. The topological polar surface area (TPSA) is 38.3 Å². The van der Waals surface area contributed by atoms with Gasteiger partial charge in [0.1, 0.15) is 5.75 Å². The van der Waals surface area contributed by atoms with Crippen LogP contribution in [0.15, 0.2) is 66.7 Å². The molecule has 24 heavy (non-hydrogen) atoms. The minimum atomic E-state index is -0.117. The van der Waals surface area contributed by atoms with Crippen LogP contribution < -0.4 is 10.1 Å². The summed E-state index contributed by atoms with van der Waals surface area (Å²) in [4.78, 5) is 12.8. The molecule has 1 atom stereocenters. The number of carbonyl (C=O) groups excluding carboxylic acids is 1. The van der Waals surface area contributed by atoms with Crippen molar-refractivity contribution >= 4 is 16.7 Å². The Bertz CT molecular complexity index is 843. The third-order valence-corrected chi connectivity index (χ3v) is 4.23. The molecular formula is C21H21NO2. The van der Waals surface area contributed by atoms with E-state index < -0.39 is 0 Å². The number of fused-ring (bicyclic) bond motifs is 1. The summed E-state index contributed by atoms with van der Waals surface area (Å²) < 4.78 is 5.43. The third kappa shape index (κ3) is 3.25. The van der Waals surface area contributed by atoms with Crippen molar-refractivity contribution in [3.05, 3.63) is 77.9 Å². The number of benzene rings is 3. The second-order valence-corrected chi connectivity index (χ2v) is 5.74. The average Bonchev–Trinajstić information content (AvgIpc) is 2.65. The van der Waals surface area contributed by atoms with E-state index >= 15 is 0 Å². The summed E-state index contributed by atoms with van der Waals surface area (Å²) >= 11 is 0. The number of rotatable bonds is 5. The minimum absolute atomic E-state index is 0.0186. The quantitative estimate of drug-likeness (QED) is 0.738. The van der Waals surface area contributed by atoms with E-state index in [0.717, 1.165) is 22.8 Å². The maximum absolute atomic E-state index is 12.8. The molecule has 1 amide bonds. The van der Waals surface area contributed by atoms with Crippen molar-refractivity contribution in [1.29, 1.82) is 0 Å². The van der Waals surface area contributed by atoms with Crippen LogP contribution in [0.25, 0.3) is 10.8 Å². The summed E-state index contributed by atoms with van der Waals surface area (Å²) in [6, 6.07) is 21.8. The molecule has 1 N–H and O–H groups in total. The zero-order valence-electron chi connectivity index (χ0n) is 14.0. The zero-order valence-corrected chi connectivity index (χ0v) is 14.0. The molecular weight excluding hydrogens is 298 g/mol. The van der Waals surface area contributed by atoms with Crippen LogP contribution >= 0.6 is 0 Å². The van der Waals surface area contributed by atoms with Gasteiger partial charge in [-0.25, -0.2) is 0 Å². The van der Waals surface area contributed by atoms with Crippen molar-refractivity contribution in [1.82, 2.24) is 5.32 Å². The van der Waals surface area contributed by atoms with Crippen molar-refractivity contribution in [3.8, 4) is 5.75 Å². The predicted octanol–water partition coefficient (Wildman–Crippen LogP) is 4.73. The normalized spacial score (nSPS) is 11.9. The molecule has 0 bridgehead atoms. The smallest absolute Gasteiger partial charge is 0.255 e. The Morgan fingerprint density at radius 3 is 2.25 bits per heavy atom. The van der Waals surface area contributed by atoms with Gasteiger partial charge in [0.25, 0.3) is 5.91 Å². The number of methoxy groups -OCH3 is 1. The van der Waals surface area contributed by atoms with Crippen molar-refractivity contribution in [3.63, 3.8) is 0 Å². The van der Waals surface area contributed by atoms with E-state index in [1.165, 1.54) is 0 Å². The summed E-state index contributed by atoms with van der Waals surface area (Å²) in [5, 5.41) is 5.20. The first kappa shape index (κ1) is 16.1. The zero-order chi connectivity index (χ0) is 16.9. The molecule has 0 heterocycles. The van der Waals surface area contributed by atoms with E-state index in [1.54, 1.807) is 7.11 Å². The molecule has 0 aliphatic heterocycles. The minimum Gasteiger partial charge on any atom is -0.496 e. The maximum atomic E-state index is 12.8. The molecule has 3 nitrogen and oxygen atoms in total. The average molecular weight is 319 g/mol. The van der Waals surface area contributed by atoms with E-state index in [0.29, 0.717) is 11.3 Å². The van der Waals surface area contributed by atoms with Crippen molar-refractivity contribution in [2.45, 2.75) is 19.4 Å². The molecule has 0 saturated heterocycles. The van der Waals surface area contributed by atoms with Crippen molar-refractivity contribution in [2.75, 3.05) is 7.11 Å². The highest BCUT2D eigenvalue weighted by Gasteiger charge is 2.18. The van der Waals surface area contributed by atoms with Crippen LogP contribution in [0, 0.1) is 0 Å². The van der Waals surface area contributed by atoms with Gasteiger partial charge in [-0.1, -0.05) is 61.5 Å². The largest absolute Gasteiger partial charge is 0.496 e. The molecule has 3 rings (SSSR count). The molecule has 0 radical (unpaired) electrons. The fraction of sp³-hybridized carbons (Fsp3) is 0.190. The summed E-state index contributed by atoms with van der Waals surface area (Å²) in [5.74, 6) is 0.474. The van der Waals surface area contributed by atoms with Gasteiger partial charge >= 0.3 is 0 Å². The molecule has 0 aromatic heterocycles. The molecule has 0 aliphatic rings. The van der Waals surface area contributed by atoms with Crippen molar-refractivity contribution < 1.29 is 9.53 Å². The van der Waals surface area contributed by atoms with Crippen LogP contribution in [0.4, 0.5) is 0 Å². The molecule has 0 saturated carbocycles. The first-order valence-corrected chi connectivity index (χ1v) is 8.15. The molecule has 0 fully saturated rings. The fourth-order valence-corrected chi connectivity index (χ4v) is 2.91. The van der Waals surface area contributed by atoms with Crippen LogP contribution in [0.1, 0.15) is 35.3 Å². The highest BCUT2D eigenvalue weighted by atomic mass is 16.5. The maximum Gasteiger partial charge on any atom is 0.255 e. The second kappa shape index (κ2) is 7.18. The Labute approximate surface area is 142 Å². The van der Waals surface area contributed by atoms with Gasteiger partial charge in [0.2, 0.25) is 0 Å². The van der Waals surface area contributed by atoms with Gasteiger partial charge in [-0.05, 0) is 34.9 Å². The summed E-state index contributed by atoms with van der Waals surface area (Å²) in [6.45, 7) is 2.07. The van der Waals surface area contributed by atoms with Crippen LogP contribution in [-0.2, 0) is 0 Å². The van der Waals surface area contributed by atoms with Gasteiger partial charge in [-0.15, -0.1) is 0 Å². The Kier molecular flexibility index (Phi) is 4.80. The lowest BCUT2D eigenvalue weighted by Gasteiger charge is -2.18. The van der Waals surface area contributed by atoms with Crippen molar-refractivity contribution in [2.24, 2.45) is 0 Å². The number of hydrogen-bond donors (Lipinski definition) is 1. The van der Waals surface area contributed by atoms with Gasteiger partial charge in [-0.3, -0.25) is 4.79 Å². The van der Waals surface area contributed by atoms with Gasteiger partial charge in [0.05, 0.1) is 18.7 Å². The van der Waals surface area contributed by atoms with E-state index in [9.17, 15) is 4.79 Å². The van der Waals surface area contributed by atoms with Crippen LogP contribution in [0.5, 0.6) is 5.75 Å². The van der Waals surface area contributed by atoms with E-state index in [4.69, 9.17) is 4.74 Å². The first-order valence-electron chi connectivity index (χ1n) is 8.15. The lowest BCUT2D eigenvalue weighted by Crippen LogP contribution is -2.28. The molecule has 3 aromatic rings. The highest BCUT2D eigenvalue weighted by molar-refractivity contribution is 6.01. The van der Waals surface area contributed by atoms with Crippen LogP contribution in [0.2, 0.25) is 0 Å². The monoisotopic (exact) mass is 319 g/mol.